The van der Waals surface area contributed by atoms with Crippen LogP contribution in [0.15, 0.2) is 30.3 Å². The first-order chi connectivity index (χ1) is 10.3. The van der Waals surface area contributed by atoms with Crippen LogP contribution in [-0.4, -0.2) is 46.9 Å². The quantitative estimate of drug-likeness (QED) is 0.898. The SMILES string of the molecule is CC(C)(C)OC(=O)N1CCC(NCc2ccccc2)[C@@H](O)C1. The number of likely N-dealkylation sites (tertiary alicyclic amines) is 1. The van der Waals surface area contributed by atoms with E-state index in [1.54, 1.807) is 4.90 Å². The zero-order valence-corrected chi connectivity index (χ0v) is 13.6. The van der Waals surface area contributed by atoms with Crippen molar-refractivity contribution in [3.8, 4) is 0 Å². The molecule has 1 aliphatic heterocycles. The Balaban J connectivity index is 1.81. The third-order valence-electron chi connectivity index (χ3n) is 3.64. The summed E-state index contributed by atoms with van der Waals surface area (Å²) in [6, 6.07) is 10.1. The third kappa shape index (κ3) is 5.00. The van der Waals surface area contributed by atoms with Crippen molar-refractivity contribution in [3.05, 3.63) is 35.9 Å². The Hall–Kier alpha value is -1.59. The monoisotopic (exact) mass is 306 g/mol. The van der Waals surface area contributed by atoms with Gasteiger partial charge in [-0.3, -0.25) is 0 Å². The van der Waals surface area contributed by atoms with Crippen LogP contribution >= 0.6 is 0 Å². The van der Waals surface area contributed by atoms with Crippen LogP contribution in [0.3, 0.4) is 0 Å². The molecule has 0 radical (unpaired) electrons. The van der Waals surface area contributed by atoms with E-state index in [-0.39, 0.29) is 12.1 Å². The van der Waals surface area contributed by atoms with Crippen molar-refractivity contribution in [2.24, 2.45) is 0 Å². The lowest BCUT2D eigenvalue weighted by Gasteiger charge is -2.37. The van der Waals surface area contributed by atoms with E-state index in [1.165, 1.54) is 5.56 Å². The van der Waals surface area contributed by atoms with Gasteiger partial charge in [-0.15, -0.1) is 0 Å². The molecule has 5 heteroatoms. The van der Waals surface area contributed by atoms with E-state index < -0.39 is 11.7 Å². The van der Waals surface area contributed by atoms with Gasteiger partial charge in [0.05, 0.1) is 12.6 Å². The highest BCUT2D eigenvalue weighted by atomic mass is 16.6. The molecule has 1 aromatic carbocycles. The molecule has 1 aliphatic rings. The van der Waals surface area contributed by atoms with Gasteiger partial charge in [-0.2, -0.15) is 0 Å². The summed E-state index contributed by atoms with van der Waals surface area (Å²) < 4.78 is 5.35. The molecule has 1 saturated heterocycles. The van der Waals surface area contributed by atoms with E-state index >= 15 is 0 Å². The van der Waals surface area contributed by atoms with E-state index in [2.05, 4.69) is 17.4 Å². The Labute approximate surface area is 132 Å². The Morgan fingerprint density at radius 2 is 2.05 bits per heavy atom. The molecule has 1 fully saturated rings. The Bertz CT molecular complexity index is 484. The second-order valence-electron chi connectivity index (χ2n) is 6.76. The average molecular weight is 306 g/mol. The van der Waals surface area contributed by atoms with Crippen molar-refractivity contribution < 1.29 is 14.6 Å². The first kappa shape index (κ1) is 16.8. The molecule has 1 unspecified atom stereocenters. The van der Waals surface area contributed by atoms with E-state index in [9.17, 15) is 9.90 Å². The fourth-order valence-corrected chi connectivity index (χ4v) is 2.51. The first-order valence-corrected chi connectivity index (χ1v) is 7.78. The Morgan fingerprint density at radius 1 is 1.36 bits per heavy atom. The van der Waals surface area contributed by atoms with E-state index in [0.717, 1.165) is 6.54 Å². The minimum atomic E-state index is -0.579. The average Bonchev–Trinajstić information content (AvgIpc) is 2.45. The molecule has 122 valence electrons. The number of hydrogen-bond acceptors (Lipinski definition) is 4. The standard InChI is InChI=1S/C17H26N2O3/c1-17(2,3)22-16(21)19-10-9-14(15(20)12-19)18-11-13-7-5-4-6-8-13/h4-8,14-15,18,20H,9-12H2,1-3H3/t14?,15-/m0/s1. The molecule has 5 nitrogen and oxygen atoms in total. The summed E-state index contributed by atoms with van der Waals surface area (Å²) in [5, 5.41) is 13.6. The van der Waals surface area contributed by atoms with Crippen LogP contribution in [0.5, 0.6) is 0 Å². The maximum absolute atomic E-state index is 12.0. The maximum Gasteiger partial charge on any atom is 0.410 e. The largest absolute Gasteiger partial charge is 0.444 e. The number of nitrogens with one attached hydrogen (secondary N) is 1. The lowest BCUT2D eigenvalue weighted by Crippen LogP contribution is -2.54. The van der Waals surface area contributed by atoms with E-state index in [4.69, 9.17) is 4.74 Å². The highest BCUT2D eigenvalue weighted by Crippen LogP contribution is 2.16. The summed E-state index contributed by atoms with van der Waals surface area (Å²) in [5.41, 5.74) is 0.675. The predicted octanol–water partition coefficient (Wildman–Crippen LogP) is 2.15. The molecule has 1 amide bonds. The van der Waals surface area contributed by atoms with Gasteiger partial charge in [0, 0.05) is 19.1 Å². The van der Waals surface area contributed by atoms with Crippen LogP contribution in [0, 0.1) is 0 Å². The summed E-state index contributed by atoms with van der Waals surface area (Å²) in [6.07, 6.45) is -0.217. The summed E-state index contributed by atoms with van der Waals surface area (Å²) in [5.74, 6) is 0. The lowest BCUT2D eigenvalue weighted by molar-refractivity contribution is -0.00489. The summed E-state index contributed by atoms with van der Waals surface area (Å²) in [4.78, 5) is 13.6. The van der Waals surface area contributed by atoms with Gasteiger partial charge in [-0.1, -0.05) is 30.3 Å². The molecule has 0 aliphatic carbocycles. The third-order valence-corrected chi connectivity index (χ3v) is 3.64. The van der Waals surface area contributed by atoms with E-state index in [0.29, 0.717) is 19.5 Å². The summed E-state index contributed by atoms with van der Waals surface area (Å²) in [6.45, 7) is 7.15. The zero-order chi connectivity index (χ0) is 16.2. The van der Waals surface area contributed by atoms with Crippen molar-refractivity contribution in [1.29, 1.82) is 0 Å². The van der Waals surface area contributed by atoms with Crippen LogP contribution in [0.2, 0.25) is 0 Å². The molecule has 0 saturated carbocycles. The van der Waals surface area contributed by atoms with Gasteiger partial charge in [-0.25, -0.2) is 4.79 Å². The van der Waals surface area contributed by atoms with Gasteiger partial charge in [0.15, 0.2) is 0 Å². The van der Waals surface area contributed by atoms with Gasteiger partial charge in [-0.05, 0) is 32.8 Å². The van der Waals surface area contributed by atoms with Crippen LogP contribution in [-0.2, 0) is 11.3 Å². The molecule has 22 heavy (non-hydrogen) atoms. The van der Waals surface area contributed by atoms with Crippen LogP contribution in [0.4, 0.5) is 4.79 Å². The molecule has 1 heterocycles. The normalized spacial score (nSPS) is 22.5. The number of piperidine rings is 1. The van der Waals surface area contributed by atoms with Crippen LogP contribution in [0.1, 0.15) is 32.8 Å². The molecule has 0 bridgehead atoms. The van der Waals surface area contributed by atoms with Gasteiger partial charge >= 0.3 is 6.09 Å². The van der Waals surface area contributed by atoms with Crippen molar-refractivity contribution in [1.82, 2.24) is 10.2 Å². The molecule has 2 N–H and O–H groups in total. The van der Waals surface area contributed by atoms with Crippen molar-refractivity contribution >= 4 is 6.09 Å². The molecule has 0 spiro atoms. The lowest BCUT2D eigenvalue weighted by atomic mass is 10.0. The second kappa shape index (κ2) is 7.11. The number of amides is 1. The van der Waals surface area contributed by atoms with Crippen LogP contribution in [0.25, 0.3) is 0 Å². The van der Waals surface area contributed by atoms with Gasteiger partial charge in [0.1, 0.15) is 5.60 Å². The van der Waals surface area contributed by atoms with Gasteiger partial charge in [0.25, 0.3) is 0 Å². The molecule has 1 aromatic rings. The second-order valence-corrected chi connectivity index (χ2v) is 6.76. The minimum Gasteiger partial charge on any atom is -0.444 e. The maximum atomic E-state index is 12.0. The van der Waals surface area contributed by atoms with Crippen molar-refractivity contribution in [2.45, 2.75) is 51.5 Å². The fraction of sp³-hybridized carbons (Fsp3) is 0.588. The van der Waals surface area contributed by atoms with Crippen molar-refractivity contribution in [3.63, 3.8) is 0 Å². The van der Waals surface area contributed by atoms with Gasteiger partial charge in [0.2, 0.25) is 0 Å². The van der Waals surface area contributed by atoms with Gasteiger partial charge < -0.3 is 20.1 Å². The number of aliphatic hydroxyl groups excluding tert-OH is 1. The Morgan fingerprint density at radius 3 is 2.64 bits per heavy atom. The summed E-state index contributed by atoms with van der Waals surface area (Å²) >= 11 is 0. The topological polar surface area (TPSA) is 61.8 Å². The van der Waals surface area contributed by atoms with E-state index in [1.807, 2.05) is 39.0 Å². The number of β-amino-alcohol motifs (C(OH)–C–C–N with tert-alkyl or cyclic N) is 1. The number of nitrogens with zero attached hydrogens (tertiary/aromatic N) is 1. The number of carbonyl (C=O) groups excluding carboxylic acids is 1. The predicted molar refractivity (Wildman–Crippen MR) is 85.5 cm³/mol. The number of aliphatic hydroxyl groups is 1. The number of rotatable bonds is 3. The molecular weight excluding hydrogens is 280 g/mol. The molecular formula is C17H26N2O3. The highest BCUT2D eigenvalue weighted by Gasteiger charge is 2.32. The first-order valence-electron chi connectivity index (χ1n) is 7.78. The zero-order valence-electron chi connectivity index (χ0n) is 13.6. The van der Waals surface area contributed by atoms with Crippen LogP contribution < -0.4 is 5.32 Å². The number of benzene rings is 1. The summed E-state index contributed by atoms with van der Waals surface area (Å²) in [7, 11) is 0. The number of carbonyl (C=O) groups is 1. The fourth-order valence-electron chi connectivity index (χ4n) is 2.51. The molecule has 2 atom stereocenters. The van der Waals surface area contributed by atoms with Crippen molar-refractivity contribution in [2.75, 3.05) is 13.1 Å². The Kier molecular flexibility index (Phi) is 5.42. The minimum absolute atomic E-state index is 0.00103. The highest BCUT2D eigenvalue weighted by molar-refractivity contribution is 5.68. The number of ether oxygens (including phenoxy) is 1. The smallest absolute Gasteiger partial charge is 0.410 e. The molecule has 0 aromatic heterocycles. The molecule has 2 rings (SSSR count). The number of hydrogen-bond donors (Lipinski definition) is 2.